The van der Waals surface area contributed by atoms with Crippen LogP contribution in [-0.4, -0.2) is 25.8 Å². The van der Waals surface area contributed by atoms with Crippen molar-refractivity contribution in [1.29, 1.82) is 0 Å². The van der Waals surface area contributed by atoms with Gasteiger partial charge in [0, 0.05) is 12.5 Å². The molecule has 92 valence electrons. The maximum absolute atomic E-state index is 10.9. The number of hydrogen-bond acceptors (Lipinski definition) is 3. The van der Waals surface area contributed by atoms with Crippen molar-refractivity contribution in [1.82, 2.24) is 0 Å². The van der Waals surface area contributed by atoms with Gasteiger partial charge >= 0.3 is 5.97 Å². The third-order valence-electron chi connectivity index (χ3n) is 1.70. The summed E-state index contributed by atoms with van der Waals surface area (Å²) in [7, 11) is 0. The van der Waals surface area contributed by atoms with Crippen molar-refractivity contribution >= 4 is 5.97 Å². The van der Waals surface area contributed by atoms with Gasteiger partial charge in [-0.1, -0.05) is 17.9 Å². The Labute approximate surface area is 103 Å². The van der Waals surface area contributed by atoms with E-state index in [0.29, 0.717) is 19.8 Å². The predicted molar refractivity (Wildman–Crippen MR) is 67.1 cm³/mol. The normalized spacial score (nSPS) is 9.41. The minimum absolute atomic E-state index is 0.290. The van der Waals surface area contributed by atoms with E-state index in [0.717, 1.165) is 19.3 Å². The lowest BCUT2D eigenvalue weighted by molar-refractivity contribution is -0.137. The third kappa shape index (κ3) is 12.2. The van der Waals surface area contributed by atoms with Gasteiger partial charge in [0.2, 0.25) is 0 Å². The summed E-state index contributed by atoms with van der Waals surface area (Å²) in [4.78, 5) is 10.9. The second-order valence-electron chi connectivity index (χ2n) is 3.10. The molecule has 0 atom stereocenters. The zero-order valence-corrected chi connectivity index (χ0v) is 10.2. The quantitative estimate of drug-likeness (QED) is 0.292. The highest BCUT2D eigenvalue weighted by Gasteiger charge is 1.91. The van der Waals surface area contributed by atoms with Crippen molar-refractivity contribution in [2.24, 2.45) is 0 Å². The van der Waals surface area contributed by atoms with E-state index >= 15 is 0 Å². The molecule has 0 aromatic rings. The number of rotatable bonds is 7. The molecular formula is C14H18O3. The molecular weight excluding hydrogens is 216 g/mol. The van der Waals surface area contributed by atoms with Crippen molar-refractivity contribution in [3.8, 4) is 24.2 Å². The first-order valence-electron chi connectivity index (χ1n) is 5.61. The maximum atomic E-state index is 10.9. The number of carbonyl (C=O) groups is 1. The van der Waals surface area contributed by atoms with Crippen molar-refractivity contribution in [3.05, 3.63) is 12.2 Å². The molecule has 0 rings (SSSR count). The highest BCUT2D eigenvalue weighted by atomic mass is 16.5. The monoisotopic (exact) mass is 234 g/mol. The standard InChI is InChI=1S/C14H18O3/c1-3-12-16-13-10-8-6-5-7-9-11-14(15)17-4-2/h1,9,11H,4-7,12-13H2,2H3/b11-9+. The zero-order valence-electron chi connectivity index (χ0n) is 10.2. The summed E-state index contributed by atoms with van der Waals surface area (Å²) < 4.78 is 9.72. The van der Waals surface area contributed by atoms with E-state index in [-0.39, 0.29) is 5.97 Å². The Hall–Kier alpha value is -1.71. The van der Waals surface area contributed by atoms with E-state index in [1.54, 1.807) is 13.0 Å². The van der Waals surface area contributed by atoms with Gasteiger partial charge in [-0.2, -0.15) is 0 Å². The van der Waals surface area contributed by atoms with Crippen molar-refractivity contribution in [2.45, 2.75) is 26.2 Å². The Morgan fingerprint density at radius 3 is 2.88 bits per heavy atom. The number of hydrogen-bond donors (Lipinski definition) is 0. The van der Waals surface area contributed by atoms with Crippen LogP contribution in [0.1, 0.15) is 26.2 Å². The molecule has 0 N–H and O–H groups in total. The molecule has 0 aromatic carbocycles. The van der Waals surface area contributed by atoms with Gasteiger partial charge < -0.3 is 9.47 Å². The summed E-state index contributed by atoms with van der Waals surface area (Å²) >= 11 is 0. The average molecular weight is 234 g/mol. The fraction of sp³-hybridized carbons (Fsp3) is 0.500. The van der Waals surface area contributed by atoms with E-state index in [1.165, 1.54) is 6.08 Å². The van der Waals surface area contributed by atoms with Gasteiger partial charge in [0.1, 0.15) is 13.2 Å². The zero-order chi connectivity index (χ0) is 12.8. The number of terminal acetylenes is 1. The molecule has 0 aliphatic rings. The van der Waals surface area contributed by atoms with Gasteiger partial charge in [0.05, 0.1) is 6.61 Å². The van der Waals surface area contributed by atoms with Crippen LogP contribution in [0.3, 0.4) is 0 Å². The first kappa shape index (κ1) is 15.3. The molecule has 17 heavy (non-hydrogen) atoms. The lowest BCUT2D eigenvalue weighted by atomic mass is 10.2. The lowest BCUT2D eigenvalue weighted by Gasteiger charge is -1.94. The smallest absolute Gasteiger partial charge is 0.330 e. The van der Waals surface area contributed by atoms with Crippen LogP contribution in [0.5, 0.6) is 0 Å². The van der Waals surface area contributed by atoms with E-state index in [1.807, 2.05) is 0 Å². The molecule has 0 amide bonds. The van der Waals surface area contributed by atoms with Crippen LogP contribution in [-0.2, 0) is 14.3 Å². The SMILES string of the molecule is C#CCOCC#CCCC/C=C/C(=O)OCC. The van der Waals surface area contributed by atoms with Gasteiger partial charge in [0.25, 0.3) is 0 Å². The van der Waals surface area contributed by atoms with Crippen LogP contribution < -0.4 is 0 Å². The van der Waals surface area contributed by atoms with Gasteiger partial charge in [-0.3, -0.25) is 0 Å². The first-order valence-corrected chi connectivity index (χ1v) is 5.61. The summed E-state index contributed by atoms with van der Waals surface area (Å²) in [5.41, 5.74) is 0. The maximum Gasteiger partial charge on any atom is 0.330 e. The summed E-state index contributed by atoms with van der Waals surface area (Å²) in [5, 5.41) is 0. The Kier molecular flexibility index (Phi) is 11.1. The van der Waals surface area contributed by atoms with Gasteiger partial charge in [-0.15, -0.1) is 12.3 Å². The summed E-state index contributed by atoms with van der Waals surface area (Å²) in [6.07, 6.45) is 10.8. The van der Waals surface area contributed by atoms with E-state index in [2.05, 4.69) is 17.8 Å². The second kappa shape index (κ2) is 12.4. The van der Waals surface area contributed by atoms with Gasteiger partial charge in [-0.05, 0) is 19.8 Å². The number of unbranched alkanes of at least 4 members (excludes halogenated alkanes) is 2. The minimum Gasteiger partial charge on any atom is -0.463 e. The summed E-state index contributed by atoms with van der Waals surface area (Å²) in [5.74, 6) is 7.89. The molecule has 0 aliphatic carbocycles. The Bertz CT molecular complexity index is 326. The van der Waals surface area contributed by atoms with Crippen molar-refractivity contribution < 1.29 is 14.3 Å². The van der Waals surface area contributed by atoms with E-state index in [9.17, 15) is 4.79 Å². The van der Waals surface area contributed by atoms with Crippen molar-refractivity contribution in [2.75, 3.05) is 19.8 Å². The molecule has 0 unspecified atom stereocenters. The van der Waals surface area contributed by atoms with Crippen LogP contribution >= 0.6 is 0 Å². The molecule has 0 aromatic heterocycles. The molecule has 0 spiro atoms. The van der Waals surface area contributed by atoms with E-state index in [4.69, 9.17) is 15.9 Å². The topological polar surface area (TPSA) is 35.5 Å². The fourth-order valence-corrected chi connectivity index (χ4v) is 0.979. The van der Waals surface area contributed by atoms with Crippen molar-refractivity contribution in [3.63, 3.8) is 0 Å². The third-order valence-corrected chi connectivity index (χ3v) is 1.70. The molecule has 3 nitrogen and oxygen atoms in total. The Balaban J connectivity index is 3.40. The molecule has 0 fully saturated rings. The van der Waals surface area contributed by atoms with Crippen LogP contribution in [0, 0.1) is 24.2 Å². The van der Waals surface area contributed by atoms with Gasteiger partial charge in [0.15, 0.2) is 0 Å². The first-order chi connectivity index (χ1) is 8.31. The highest BCUT2D eigenvalue weighted by molar-refractivity contribution is 5.81. The molecule has 0 radical (unpaired) electrons. The lowest BCUT2D eigenvalue weighted by Crippen LogP contribution is -1.98. The molecule has 3 heteroatoms. The molecule has 0 heterocycles. The highest BCUT2D eigenvalue weighted by Crippen LogP contribution is 1.95. The fourth-order valence-electron chi connectivity index (χ4n) is 0.979. The number of ether oxygens (including phenoxy) is 2. The Morgan fingerprint density at radius 1 is 1.35 bits per heavy atom. The summed E-state index contributed by atoms with van der Waals surface area (Å²) in [6, 6.07) is 0. The molecule has 0 aliphatic heterocycles. The minimum atomic E-state index is -0.290. The average Bonchev–Trinajstić information content (AvgIpc) is 2.32. The number of carbonyl (C=O) groups excluding carboxylic acids is 1. The predicted octanol–water partition coefficient (Wildman–Crippen LogP) is 1.93. The Morgan fingerprint density at radius 2 is 2.18 bits per heavy atom. The summed E-state index contributed by atoms with van der Waals surface area (Å²) in [6.45, 7) is 2.87. The van der Waals surface area contributed by atoms with Crippen LogP contribution in [0.4, 0.5) is 0 Å². The largest absolute Gasteiger partial charge is 0.463 e. The van der Waals surface area contributed by atoms with Crippen LogP contribution in [0.2, 0.25) is 0 Å². The van der Waals surface area contributed by atoms with Gasteiger partial charge in [-0.25, -0.2) is 4.79 Å². The molecule has 0 saturated carbocycles. The number of allylic oxidation sites excluding steroid dienone is 1. The van der Waals surface area contributed by atoms with E-state index < -0.39 is 0 Å². The number of esters is 1. The van der Waals surface area contributed by atoms with Crippen LogP contribution in [0.15, 0.2) is 12.2 Å². The molecule has 0 bridgehead atoms. The molecule has 0 saturated heterocycles. The second-order valence-corrected chi connectivity index (χ2v) is 3.10. The van der Waals surface area contributed by atoms with Crippen LogP contribution in [0.25, 0.3) is 0 Å².